The fraction of sp³-hybridized carbons (Fsp3) is 0.167. The van der Waals surface area contributed by atoms with Gasteiger partial charge in [0.05, 0.1) is 11.4 Å². The Kier molecular flexibility index (Phi) is 6.40. The zero-order valence-corrected chi connectivity index (χ0v) is 14.9. The Hall–Kier alpha value is -1.61. The van der Waals surface area contributed by atoms with Crippen molar-refractivity contribution >= 4 is 23.1 Å². The molecular weight excluding hydrogens is 330 g/mol. The molecule has 23 heavy (non-hydrogen) atoms. The van der Waals surface area contributed by atoms with Crippen LogP contribution in [0.3, 0.4) is 0 Å². The van der Waals surface area contributed by atoms with Crippen LogP contribution in [0.2, 0.25) is 0 Å². The number of hydrogen-bond acceptors (Lipinski definition) is 1. The van der Waals surface area contributed by atoms with E-state index in [0.29, 0.717) is 32.3 Å². The molecule has 2 atom stereocenters. The molecule has 0 saturated carbocycles. The fourth-order valence-electron chi connectivity index (χ4n) is 2.38. The van der Waals surface area contributed by atoms with E-state index in [1.165, 1.54) is 12.1 Å². The number of halogens is 2. The molecule has 2 rings (SSSR count). The normalized spacial score (nSPS) is 12.3. The van der Waals surface area contributed by atoms with Crippen molar-refractivity contribution in [3.63, 3.8) is 0 Å². The predicted molar refractivity (Wildman–Crippen MR) is 96.7 cm³/mol. The largest absolute Gasteiger partial charge is 0.207 e. The van der Waals surface area contributed by atoms with Gasteiger partial charge in [-0.3, -0.25) is 0 Å². The van der Waals surface area contributed by atoms with Crippen LogP contribution < -0.4 is 0 Å². The predicted octanol–water partition coefficient (Wildman–Crippen LogP) is 5.13. The van der Waals surface area contributed by atoms with Crippen LogP contribution in [0.15, 0.2) is 47.8 Å². The highest BCUT2D eigenvalue weighted by molar-refractivity contribution is 7.51. The summed E-state index contributed by atoms with van der Waals surface area (Å²) in [6.07, 6.45) is 1.17. The highest BCUT2D eigenvalue weighted by Crippen LogP contribution is 2.36. The Labute approximate surface area is 139 Å². The van der Waals surface area contributed by atoms with Crippen molar-refractivity contribution in [1.82, 2.24) is 0 Å². The van der Waals surface area contributed by atoms with Crippen LogP contribution in [0.5, 0.6) is 0 Å². The van der Waals surface area contributed by atoms with E-state index >= 15 is 0 Å². The molecule has 2 aromatic carbocycles. The summed E-state index contributed by atoms with van der Waals surface area (Å²) in [7, 11) is 3.00. The Morgan fingerprint density at radius 3 is 2.61 bits per heavy atom. The lowest BCUT2D eigenvalue weighted by molar-refractivity contribution is 0.571. The van der Waals surface area contributed by atoms with E-state index in [0.717, 1.165) is 22.5 Å². The quantitative estimate of drug-likeness (QED) is 0.544. The van der Waals surface area contributed by atoms with Crippen molar-refractivity contribution in [2.45, 2.75) is 12.8 Å². The number of allylic oxidation sites excluding steroid dienone is 1. The molecule has 0 heterocycles. The molecule has 0 saturated heterocycles. The summed E-state index contributed by atoms with van der Waals surface area (Å²) < 4.78 is 26.6. The highest BCUT2D eigenvalue weighted by atomic mass is 31.1. The average molecular weight is 347 g/mol. The molecule has 0 radical (unpaired) electrons. The number of benzene rings is 2. The minimum atomic E-state index is -0.559. The minimum absolute atomic E-state index is 0.506. The van der Waals surface area contributed by atoms with Gasteiger partial charge in [-0.2, -0.15) is 5.26 Å². The standard InChI is InChI=1S/C18H17F2NP2/c1-23-18(17(22)11-21)14-4-2-3-12(9-14)5-6-13-7-8-15(19)10-16(13)20/h2-4,7-10,23H,5-6,22H2,1H3/b18-17-. The molecular formula is C18H17F2NP2. The topological polar surface area (TPSA) is 23.8 Å². The summed E-state index contributed by atoms with van der Waals surface area (Å²) in [5.74, 6) is -1.06. The van der Waals surface area contributed by atoms with E-state index in [-0.39, 0.29) is 0 Å². The summed E-state index contributed by atoms with van der Waals surface area (Å²) in [5, 5.41) is 10.7. The van der Waals surface area contributed by atoms with Crippen LogP contribution in [0.25, 0.3) is 5.31 Å². The smallest absolute Gasteiger partial charge is 0.129 e. The molecule has 0 amide bonds. The van der Waals surface area contributed by atoms with Gasteiger partial charge in [0.2, 0.25) is 0 Å². The van der Waals surface area contributed by atoms with Crippen LogP contribution in [0, 0.1) is 23.0 Å². The number of nitriles is 1. The SMILES string of the molecule is CP/C(=C(\P)C#N)c1cccc(CCc2ccc(F)cc2F)c1. The lowest BCUT2D eigenvalue weighted by Crippen LogP contribution is -1.96. The number of hydrogen-bond donors (Lipinski definition) is 0. The third-order valence-electron chi connectivity index (χ3n) is 3.55. The molecule has 2 unspecified atom stereocenters. The van der Waals surface area contributed by atoms with Crippen LogP contribution in [0.1, 0.15) is 16.7 Å². The van der Waals surface area contributed by atoms with E-state index in [9.17, 15) is 8.78 Å². The van der Waals surface area contributed by atoms with Gasteiger partial charge in [-0.1, -0.05) is 48.2 Å². The monoisotopic (exact) mass is 347 g/mol. The lowest BCUT2D eigenvalue weighted by Gasteiger charge is -2.09. The van der Waals surface area contributed by atoms with Gasteiger partial charge in [0.1, 0.15) is 11.6 Å². The second-order valence-electron chi connectivity index (χ2n) is 5.09. The van der Waals surface area contributed by atoms with E-state index in [2.05, 4.69) is 15.3 Å². The molecule has 0 fully saturated rings. The average Bonchev–Trinajstić information content (AvgIpc) is 2.55. The third kappa shape index (κ3) is 4.68. The van der Waals surface area contributed by atoms with Gasteiger partial charge in [0.15, 0.2) is 0 Å². The molecule has 0 aliphatic heterocycles. The van der Waals surface area contributed by atoms with Gasteiger partial charge in [0.25, 0.3) is 0 Å². The first-order chi connectivity index (χ1) is 11.0. The summed E-state index contributed by atoms with van der Waals surface area (Å²) in [6.45, 7) is 2.04. The van der Waals surface area contributed by atoms with Crippen LogP contribution >= 0.6 is 17.8 Å². The van der Waals surface area contributed by atoms with Crippen molar-refractivity contribution in [3.05, 3.63) is 76.1 Å². The molecule has 0 aliphatic rings. The number of aryl methyl sites for hydroxylation is 2. The van der Waals surface area contributed by atoms with Crippen molar-refractivity contribution in [1.29, 1.82) is 5.26 Å². The van der Waals surface area contributed by atoms with Gasteiger partial charge in [-0.25, -0.2) is 8.78 Å². The third-order valence-corrected chi connectivity index (χ3v) is 5.32. The Morgan fingerprint density at radius 2 is 1.96 bits per heavy atom. The molecule has 0 N–H and O–H groups in total. The van der Waals surface area contributed by atoms with Crippen LogP contribution in [-0.4, -0.2) is 6.66 Å². The zero-order chi connectivity index (χ0) is 16.8. The fourth-order valence-corrected chi connectivity index (χ4v) is 3.75. The summed E-state index contributed by atoms with van der Waals surface area (Å²) >= 11 is 0. The maximum Gasteiger partial charge on any atom is 0.129 e. The van der Waals surface area contributed by atoms with E-state index < -0.39 is 11.6 Å². The van der Waals surface area contributed by atoms with E-state index in [1.54, 1.807) is 0 Å². The molecule has 5 heteroatoms. The van der Waals surface area contributed by atoms with Gasteiger partial charge in [0, 0.05) is 6.07 Å². The minimum Gasteiger partial charge on any atom is -0.207 e. The van der Waals surface area contributed by atoms with E-state index in [1.807, 2.05) is 30.9 Å². The second-order valence-corrected chi connectivity index (χ2v) is 6.66. The Bertz CT molecular complexity index is 779. The molecule has 0 aliphatic carbocycles. The summed E-state index contributed by atoms with van der Waals surface area (Å²) in [6, 6.07) is 13.8. The summed E-state index contributed by atoms with van der Waals surface area (Å²) in [5.41, 5.74) is 2.60. The van der Waals surface area contributed by atoms with Gasteiger partial charge < -0.3 is 0 Å². The summed E-state index contributed by atoms with van der Waals surface area (Å²) in [4.78, 5) is 0. The van der Waals surface area contributed by atoms with Gasteiger partial charge in [-0.05, 0) is 47.6 Å². The van der Waals surface area contributed by atoms with Crippen LogP contribution in [0.4, 0.5) is 8.78 Å². The zero-order valence-electron chi connectivity index (χ0n) is 12.7. The van der Waals surface area contributed by atoms with Gasteiger partial charge >= 0.3 is 0 Å². The van der Waals surface area contributed by atoms with Crippen molar-refractivity contribution in [2.75, 3.05) is 6.66 Å². The molecule has 0 bridgehead atoms. The first-order valence-electron chi connectivity index (χ1n) is 7.16. The number of nitrogens with zero attached hydrogens (tertiary/aromatic N) is 1. The Balaban J connectivity index is 2.19. The maximum absolute atomic E-state index is 13.7. The lowest BCUT2D eigenvalue weighted by atomic mass is 10.0. The molecule has 118 valence electrons. The van der Waals surface area contributed by atoms with Gasteiger partial charge in [-0.15, -0.1) is 0 Å². The first-order valence-corrected chi connectivity index (χ1v) is 9.23. The van der Waals surface area contributed by atoms with Crippen molar-refractivity contribution < 1.29 is 8.78 Å². The van der Waals surface area contributed by atoms with Crippen molar-refractivity contribution in [2.24, 2.45) is 0 Å². The second kappa shape index (κ2) is 8.30. The molecule has 0 spiro atoms. The Morgan fingerprint density at radius 1 is 1.17 bits per heavy atom. The van der Waals surface area contributed by atoms with Crippen molar-refractivity contribution in [3.8, 4) is 6.07 Å². The molecule has 0 aromatic heterocycles. The molecule has 1 nitrogen and oxygen atoms in total. The first kappa shape index (κ1) is 17.7. The maximum atomic E-state index is 13.7. The highest BCUT2D eigenvalue weighted by Gasteiger charge is 2.07. The van der Waals surface area contributed by atoms with E-state index in [4.69, 9.17) is 5.26 Å². The van der Waals surface area contributed by atoms with Crippen LogP contribution in [-0.2, 0) is 12.8 Å². The number of rotatable bonds is 5. The molecule has 2 aromatic rings.